The Hall–Kier alpha value is -1.15. The lowest BCUT2D eigenvalue weighted by Gasteiger charge is -2.27. The number of unbranched alkanes of at least 4 members (excludes halogenated alkanes) is 1. The van der Waals surface area contributed by atoms with Crippen LogP contribution < -0.4 is 10.3 Å². The van der Waals surface area contributed by atoms with Gasteiger partial charge in [0.2, 0.25) is 5.91 Å². The van der Waals surface area contributed by atoms with Crippen LogP contribution in [0.25, 0.3) is 5.70 Å². The van der Waals surface area contributed by atoms with Gasteiger partial charge in [-0.3, -0.25) is 9.74 Å². The number of aliphatic hydroxyl groups is 1. The van der Waals surface area contributed by atoms with Gasteiger partial charge in [0, 0.05) is 22.4 Å². The number of aliphatic hydroxyl groups excluding tert-OH is 1. The topological polar surface area (TPSA) is 58.6 Å². The van der Waals surface area contributed by atoms with Crippen LogP contribution in [0.3, 0.4) is 0 Å². The molecule has 0 heterocycles. The van der Waals surface area contributed by atoms with Gasteiger partial charge >= 0.3 is 0 Å². The van der Waals surface area contributed by atoms with Crippen LogP contribution in [-0.4, -0.2) is 21.0 Å². The highest BCUT2D eigenvalue weighted by atomic mass is 127. The van der Waals surface area contributed by atoms with Crippen LogP contribution in [0.2, 0.25) is 0 Å². The number of carbonyl (C=O) groups excluding carboxylic acids is 1. The average Bonchev–Trinajstić information content (AvgIpc) is 2.59. The molecule has 0 aliphatic rings. The number of amides is 1. The van der Waals surface area contributed by atoms with E-state index in [2.05, 4.69) is 32.8 Å². The molecule has 1 aromatic rings. The highest BCUT2D eigenvalue weighted by Crippen LogP contribution is 2.32. The van der Waals surface area contributed by atoms with Gasteiger partial charge in [-0.2, -0.15) is 0 Å². The number of carbonyl (C=O) groups is 1. The zero-order chi connectivity index (χ0) is 18.0. The first-order valence-corrected chi connectivity index (χ1v) is 9.25. The van der Waals surface area contributed by atoms with Crippen molar-refractivity contribution in [1.29, 1.82) is 0 Å². The van der Waals surface area contributed by atoms with Gasteiger partial charge in [-0.25, -0.2) is 0 Å². The van der Waals surface area contributed by atoms with E-state index in [1.165, 1.54) is 12.1 Å². The van der Waals surface area contributed by atoms with Crippen LogP contribution in [0.1, 0.15) is 51.5 Å². The van der Waals surface area contributed by atoms with E-state index in [-0.39, 0.29) is 18.3 Å². The molecule has 0 bridgehead atoms. The molecular weight excluding hydrogens is 424 g/mol. The molecule has 1 atom stereocenters. The van der Waals surface area contributed by atoms with Gasteiger partial charge in [0.25, 0.3) is 0 Å². The first-order chi connectivity index (χ1) is 11.5. The molecule has 4 nitrogen and oxygen atoms in total. The number of alkyl halides is 1. The van der Waals surface area contributed by atoms with Crippen LogP contribution in [0.4, 0.5) is 4.53 Å². The lowest BCUT2D eigenvalue weighted by atomic mass is 9.95. The molecule has 6 heteroatoms. The van der Waals surface area contributed by atoms with Gasteiger partial charge in [-0.15, -0.1) is 0 Å². The number of nitrogens with one attached hydrogen (secondary N) is 1. The first kappa shape index (κ1) is 20.9. The molecule has 0 saturated carbocycles. The molecule has 0 fully saturated rings. The predicted molar refractivity (Wildman–Crippen MR) is 103 cm³/mol. The Balaban J connectivity index is 2.90. The summed E-state index contributed by atoms with van der Waals surface area (Å²) in [6.07, 6.45) is 5.63. The van der Waals surface area contributed by atoms with Gasteiger partial charge in [-0.1, -0.05) is 54.1 Å². The fourth-order valence-electron chi connectivity index (χ4n) is 2.52. The van der Waals surface area contributed by atoms with Gasteiger partial charge in [0.15, 0.2) is 5.75 Å². The van der Waals surface area contributed by atoms with Crippen molar-refractivity contribution in [2.45, 2.75) is 49.4 Å². The predicted octanol–water partition coefficient (Wildman–Crippen LogP) is 4.56. The summed E-state index contributed by atoms with van der Waals surface area (Å²) >= 11 is 2.22. The standard InChI is InChI=1S/C18H25FINO3/c1-3-10-18(20,11-5-6-12-22)17(23)21-16(4-2)14-8-7-9-15(13-14)24-19/h4,7-9,13,22H,3,5-6,10-12H2,1-2H3,(H,21,23)/b16-4+. The highest BCUT2D eigenvalue weighted by molar-refractivity contribution is 14.1. The third-order valence-electron chi connectivity index (χ3n) is 3.81. The Morgan fingerprint density at radius 1 is 1.42 bits per heavy atom. The molecule has 134 valence electrons. The Kier molecular flexibility index (Phi) is 9.28. The minimum atomic E-state index is -0.524. The van der Waals surface area contributed by atoms with Crippen LogP contribution in [0, 0.1) is 0 Å². The van der Waals surface area contributed by atoms with Crippen molar-refractivity contribution in [3.05, 3.63) is 35.9 Å². The van der Waals surface area contributed by atoms with Crippen molar-refractivity contribution >= 4 is 34.2 Å². The van der Waals surface area contributed by atoms with E-state index < -0.39 is 3.42 Å². The van der Waals surface area contributed by atoms with Crippen molar-refractivity contribution in [1.82, 2.24) is 5.32 Å². The fraction of sp³-hybridized carbons (Fsp3) is 0.500. The molecule has 0 aliphatic carbocycles. The summed E-state index contributed by atoms with van der Waals surface area (Å²) in [5.74, 6) is 0.0286. The molecule has 2 N–H and O–H groups in total. The van der Waals surface area contributed by atoms with E-state index in [9.17, 15) is 9.32 Å². The SMILES string of the molecule is C/C=C(/NC(=O)C(I)(CCC)CCCCO)c1cccc(OF)c1. The van der Waals surface area contributed by atoms with Crippen LogP contribution in [0.15, 0.2) is 30.3 Å². The Bertz CT molecular complexity index is 565. The summed E-state index contributed by atoms with van der Waals surface area (Å²) in [6.45, 7) is 4.00. The van der Waals surface area contributed by atoms with Crippen molar-refractivity contribution in [3.63, 3.8) is 0 Å². The van der Waals surface area contributed by atoms with E-state index in [1.54, 1.807) is 18.2 Å². The van der Waals surface area contributed by atoms with Gasteiger partial charge < -0.3 is 10.4 Å². The third-order valence-corrected chi connectivity index (χ3v) is 5.37. The summed E-state index contributed by atoms with van der Waals surface area (Å²) < 4.78 is 11.8. The molecular formula is C18H25FINO3. The van der Waals surface area contributed by atoms with Crippen molar-refractivity contribution < 1.29 is 19.4 Å². The van der Waals surface area contributed by atoms with Crippen LogP contribution >= 0.6 is 22.6 Å². The zero-order valence-corrected chi connectivity index (χ0v) is 16.3. The molecule has 0 spiro atoms. The number of benzene rings is 1. The molecule has 0 radical (unpaired) electrons. The minimum absolute atomic E-state index is 0.0671. The summed E-state index contributed by atoms with van der Waals surface area (Å²) in [7, 11) is 0. The molecule has 1 unspecified atom stereocenters. The van der Waals surface area contributed by atoms with Gasteiger partial charge in [0.05, 0.1) is 0 Å². The lowest BCUT2D eigenvalue weighted by molar-refractivity contribution is -0.122. The second-order valence-corrected chi connectivity index (χ2v) is 7.72. The number of allylic oxidation sites excluding steroid dienone is 1. The Morgan fingerprint density at radius 3 is 2.75 bits per heavy atom. The Morgan fingerprint density at radius 2 is 2.17 bits per heavy atom. The molecule has 0 aromatic heterocycles. The fourth-order valence-corrected chi connectivity index (χ4v) is 3.58. The highest BCUT2D eigenvalue weighted by Gasteiger charge is 2.34. The van der Waals surface area contributed by atoms with E-state index in [1.807, 2.05) is 13.8 Å². The normalized spacial score (nSPS) is 14.1. The van der Waals surface area contributed by atoms with Crippen molar-refractivity contribution in [2.24, 2.45) is 0 Å². The molecule has 24 heavy (non-hydrogen) atoms. The maximum absolute atomic E-state index is 12.8. The monoisotopic (exact) mass is 449 g/mol. The van der Waals surface area contributed by atoms with Gasteiger partial charge in [0.1, 0.15) is 3.42 Å². The lowest BCUT2D eigenvalue weighted by Crippen LogP contribution is -2.41. The molecule has 0 aliphatic heterocycles. The smallest absolute Gasteiger partial charge is 0.240 e. The molecule has 1 amide bonds. The minimum Gasteiger partial charge on any atom is -0.396 e. The molecule has 1 rings (SSSR count). The number of halogens is 2. The van der Waals surface area contributed by atoms with E-state index >= 15 is 0 Å². The number of rotatable bonds is 10. The second kappa shape index (κ2) is 10.7. The van der Waals surface area contributed by atoms with Gasteiger partial charge in [-0.05, 0) is 44.7 Å². The number of hydrogen-bond acceptors (Lipinski definition) is 3. The summed E-state index contributed by atoms with van der Waals surface area (Å²) in [5, 5.41) is 11.9. The maximum atomic E-state index is 12.8. The van der Waals surface area contributed by atoms with Crippen molar-refractivity contribution in [2.75, 3.05) is 6.61 Å². The molecule has 0 saturated heterocycles. The van der Waals surface area contributed by atoms with Crippen molar-refractivity contribution in [3.8, 4) is 5.75 Å². The Labute approximate surface area is 156 Å². The van der Waals surface area contributed by atoms with Crippen LogP contribution in [0.5, 0.6) is 5.75 Å². The van der Waals surface area contributed by atoms with E-state index in [0.29, 0.717) is 24.1 Å². The number of hydrogen-bond donors (Lipinski definition) is 2. The zero-order valence-electron chi connectivity index (χ0n) is 14.1. The largest absolute Gasteiger partial charge is 0.396 e. The average molecular weight is 449 g/mol. The maximum Gasteiger partial charge on any atom is 0.240 e. The quantitative estimate of drug-likeness (QED) is 0.313. The first-order valence-electron chi connectivity index (χ1n) is 8.17. The summed E-state index contributed by atoms with van der Waals surface area (Å²) in [5.41, 5.74) is 1.31. The van der Waals surface area contributed by atoms with Crippen LogP contribution in [-0.2, 0) is 4.79 Å². The molecule has 1 aromatic carbocycles. The van der Waals surface area contributed by atoms with E-state index in [4.69, 9.17) is 5.11 Å². The summed E-state index contributed by atoms with van der Waals surface area (Å²) in [4.78, 5) is 16.6. The summed E-state index contributed by atoms with van der Waals surface area (Å²) in [6, 6.07) is 6.51. The third kappa shape index (κ3) is 6.05. The second-order valence-electron chi connectivity index (χ2n) is 5.66. The van der Waals surface area contributed by atoms with E-state index in [0.717, 1.165) is 19.3 Å².